The Morgan fingerprint density at radius 1 is 1.86 bits per heavy atom. The molecule has 0 spiro atoms. The molecule has 1 rings (SSSR count). The van der Waals surface area contributed by atoms with Gasteiger partial charge in [0.2, 0.25) is 5.91 Å². The first-order valence-electron chi connectivity index (χ1n) is 1.94. The standard InChI is InChI=1S/C3H6N2OS/c4-7-1-3(6)5-2-7/h4H,1-2H2,(H,5,6). The lowest BCUT2D eigenvalue weighted by Crippen LogP contribution is -2.14. The molecule has 1 aliphatic rings. The Morgan fingerprint density at radius 2 is 2.57 bits per heavy atom. The summed E-state index contributed by atoms with van der Waals surface area (Å²) in [4.78, 5) is 10.2. The molecule has 3 nitrogen and oxygen atoms in total. The molecule has 0 aliphatic carbocycles. The number of hydrogen-bond donors (Lipinski definition) is 2. The summed E-state index contributed by atoms with van der Waals surface area (Å²) in [5.74, 6) is 1.01. The molecule has 0 aromatic heterocycles. The molecular formula is C3H6N2OS. The van der Waals surface area contributed by atoms with Crippen LogP contribution >= 0.6 is 0 Å². The number of nitrogens with one attached hydrogen (secondary N) is 2. The van der Waals surface area contributed by atoms with Crippen LogP contribution < -0.4 is 5.32 Å². The first-order chi connectivity index (χ1) is 3.29. The maximum absolute atomic E-state index is 10.2. The zero-order chi connectivity index (χ0) is 5.28. The molecule has 0 bridgehead atoms. The predicted octanol–water partition coefficient (Wildman–Crippen LogP) is -0.546. The molecule has 40 valence electrons. The largest absolute Gasteiger partial charge is 0.345 e. The highest BCUT2D eigenvalue weighted by Gasteiger charge is 2.11. The normalized spacial score (nSPS) is 30.3. The number of carbonyl (C=O) groups excluding carboxylic acids is 1. The number of hydrogen-bond acceptors (Lipinski definition) is 2. The Hall–Kier alpha value is -0.380. The van der Waals surface area contributed by atoms with E-state index in [1.807, 2.05) is 0 Å². The van der Waals surface area contributed by atoms with Crippen molar-refractivity contribution in [2.75, 3.05) is 11.6 Å². The van der Waals surface area contributed by atoms with Crippen molar-refractivity contribution in [1.29, 1.82) is 4.78 Å². The fourth-order valence-electron chi connectivity index (χ4n) is 0.428. The lowest BCUT2D eigenvalue weighted by atomic mass is 10.7. The van der Waals surface area contributed by atoms with Crippen LogP contribution in [0.25, 0.3) is 0 Å². The first-order valence-corrected chi connectivity index (χ1v) is 3.51. The summed E-state index contributed by atoms with van der Waals surface area (Å²) in [5, 5.41) is 2.56. The highest BCUT2D eigenvalue weighted by atomic mass is 32.2. The van der Waals surface area contributed by atoms with Gasteiger partial charge in [0.15, 0.2) is 0 Å². The second-order valence-electron chi connectivity index (χ2n) is 1.38. The maximum atomic E-state index is 10.2. The van der Waals surface area contributed by atoms with Gasteiger partial charge in [-0.2, -0.15) is 0 Å². The van der Waals surface area contributed by atoms with Crippen molar-refractivity contribution in [2.24, 2.45) is 0 Å². The van der Waals surface area contributed by atoms with E-state index in [0.29, 0.717) is 11.6 Å². The molecule has 1 heterocycles. The Bertz CT molecular complexity index is 108. The van der Waals surface area contributed by atoms with E-state index in [-0.39, 0.29) is 5.91 Å². The van der Waals surface area contributed by atoms with Crippen LogP contribution in [0.4, 0.5) is 0 Å². The monoisotopic (exact) mass is 118 g/mol. The molecule has 1 fully saturated rings. The summed E-state index contributed by atoms with van der Waals surface area (Å²) in [6, 6.07) is 0. The second kappa shape index (κ2) is 1.61. The molecule has 4 heteroatoms. The van der Waals surface area contributed by atoms with E-state index in [2.05, 4.69) is 5.32 Å². The minimum Gasteiger partial charge on any atom is -0.345 e. The van der Waals surface area contributed by atoms with Gasteiger partial charge in [0.1, 0.15) is 0 Å². The minimum absolute atomic E-state index is 0.0262. The van der Waals surface area contributed by atoms with Crippen LogP contribution in [0.3, 0.4) is 0 Å². The summed E-state index contributed by atoms with van der Waals surface area (Å²) < 4.78 is 7.01. The summed E-state index contributed by atoms with van der Waals surface area (Å²) >= 11 is 0. The molecule has 1 amide bonds. The molecule has 1 unspecified atom stereocenters. The van der Waals surface area contributed by atoms with Crippen molar-refractivity contribution >= 4 is 16.6 Å². The predicted molar refractivity (Wildman–Crippen MR) is 28.0 cm³/mol. The molecule has 1 saturated heterocycles. The third-order valence-corrected chi connectivity index (χ3v) is 1.85. The van der Waals surface area contributed by atoms with Gasteiger partial charge in [-0.1, -0.05) is 10.7 Å². The lowest BCUT2D eigenvalue weighted by Gasteiger charge is -1.80. The summed E-state index contributed by atoms with van der Waals surface area (Å²) in [5.41, 5.74) is 0. The molecule has 1 atom stereocenters. The van der Waals surface area contributed by atoms with Gasteiger partial charge in [0.25, 0.3) is 0 Å². The highest BCUT2D eigenvalue weighted by molar-refractivity contribution is 7.87. The highest BCUT2D eigenvalue weighted by Crippen LogP contribution is 1.88. The third kappa shape index (κ3) is 0.991. The van der Waals surface area contributed by atoms with E-state index in [4.69, 9.17) is 4.78 Å². The molecule has 0 saturated carbocycles. The van der Waals surface area contributed by atoms with E-state index in [1.165, 1.54) is 0 Å². The van der Waals surface area contributed by atoms with Crippen molar-refractivity contribution in [3.05, 3.63) is 0 Å². The molecule has 0 aromatic rings. The maximum Gasteiger partial charge on any atom is 0.231 e. The zero-order valence-electron chi connectivity index (χ0n) is 3.73. The van der Waals surface area contributed by atoms with E-state index in [0.717, 1.165) is 0 Å². The van der Waals surface area contributed by atoms with Crippen molar-refractivity contribution in [3.8, 4) is 0 Å². The van der Waals surface area contributed by atoms with Crippen LogP contribution in [-0.2, 0) is 15.5 Å². The van der Waals surface area contributed by atoms with Gasteiger partial charge < -0.3 is 5.32 Å². The van der Waals surface area contributed by atoms with Crippen molar-refractivity contribution < 1.29 is 4.79 Å². The van der Waals surface area contributed by atoms with Crippen LogP contribution in [-0.4, -0.2) is 17.5 Å². The zero-order valence-corrected chi connectivity index (χ0v) is 4.55. The minimum atomic E-state index is -0.414. The van der Waals surface area contributed by atoms with Crippen LogP contribution in [0.5, 0.6) is 0 Å². The van der Waals surface area contributed by atoms with E-state index in [1.54, 1.807) is 0 Å². The third-order valence-electron chi connectivity index (χ3n) is 0.749. The summed E-state index contributed by atoms with van der Waals surface area (Å²) in [6.45, 7) is 0. The SMILES string of the molecule is N=S1CNC(=O)C1. The van der Waals surface area contributed by atoms with E-state index in [9.17, 15) is 4.79 Å². The van der Waals surface area contributed by atoms with Gasteiger partial charge in [0.05, 0.1) is 11.6 Å². The molecule has 7 heavy (non-hydrogen) atoms. The Balaban J connectivity index is 2.55. The molecule has 2 N–H and O–H groups in total. The van der Waals surface area contributed by atoms with Gasteiger partial charge in [-0.3, -0.25) is 9.57 Å². The smallest absolute Gasteiger partial charge is 0.231 e. The average Bonchev–Trinajstić information content (AvgIpc) is 1.87. The van der Waals surface area contributed by atoms with Crippen LogP contribution in [0.1, 0.15) is 0 Å². The molecular weight excluding hydrogens is 112 g/mol. The molecule has 1 aliphatic heterocycles. The quantitative estimate of drug-likeness (QED) is 0.440. The van der Waals surface area contributed by atoms with E-state index < -0.39 is 10.7 Å². The number of carbonyl (C=O) groups is 1. The lowest BCUT2D eigenvalue weighted by molar-refractivity contribution is -0.117. The van der Waals surface area contributed by atoms with Crippen LogP contribution in [0.2, 0.25) is 0 Å². The Labute approximate surface area is 44.0 Å². The van der Waals surface area contributed by atoms with Crippen molar-refractivity contribution in [1.82, 2.24) is 5.32 Å². The van der Waals surface area contributed by atoms with Gasteiger partial charge in [-0.15, -0.1) is 0 Å². The van der Waals surface area contributed by atoms with Crippen LogP contribution in [0, 0.1) is 4.78 Å². The van der Waals surface area contributed by atoms with Crippen molar-refractivity contribution in [3.63, 3.8) is 0 Å². The molecule has 0 aromatic carbocycles. The van der Waals surface area contributed by atoms with Gasteiger partial charge in [-0.05, 0) is 0 Å². The van der Waals surface area contributed by atoms with Gasteiger partial charge in [-0.25, -0.2) is 0 Å². The fraction of sp³-hybridized carbons (Fsp3) is 0.667. The second-order valence-corrected chi connectivity index (χ2v) is 2.94. The number of amides is 1. The Morgan fingerprint density at radius 3 is 2.71 bits per heavy atom. The Kier molecular flexibility index (Phi) is 1.10. The first kappa shape index (κ1) is 4.77. The topological polar surface area (TPSA) is 53.0 Å². The fourth-order valence-corrected chi connectivity index (χ4v) is 1.28. The number of rotatable bonds is 0. The van der Waals surface area contributed by atoms with E-state index >= 15 is 0 Å². The van der Waals surface area contributed by atoms with Gasteiger partial charge in [0, 0.05) is 0 Å². The molecule has 0 radical (unpaired) electrons. The van der Waals surface area contributed by atoms with Crippen LogP contribution in [0.15, 0.2) is 0 Å². The summed E-state index contributed by atoms with van der Waals surface area (Å²) in [7, 11) is -0.414. The van der Waals surface area contributed by atoms with Gasteiger partial charge >= 0.3 is 0 Å². The summed E-state index contributed by atoms with van der Waals surface area (Å²) in [6.07, 6.45) is 0. The van der Waals surface area contributed by atoms with Crippen molar-refractivity contribution in [2.45, 2.75) is 0 Å². The average molecular weight is 118 g/mol.